The Hall–Kier alpha value is -2.24. The van der Waals surface area contributed by atoms with Crippen LogP contribution in [0.2, 0.25) is 0 Å². The van der Waals surface area contributed by atoms with Crippen molar-refractivity contribution < 1.29 is 24.2 Å². The Labute approximate surface area is 148 Å². The van der Waals surface area contributed by atoms with E-state index >= 15 is 0 Å². The highest BCUT2D eigenvalue weighted by Crippen LogP contribution is 2.33. The van der Waals surface area contributed by atoms with Crippen LogP contribution < -0.4 is 14.8 Å². The molecule has 1 aromatic carbocycles. The number of rotatable bonds is 6. The summed E-state index contributed by atoms with van der Waals surface area (Å²) in [6.45, 7) is 5.91. The second-order valence-electron chi connectivity index (χ2n) is 7.06. The number of carbonyl (C=O) groups is 2. The molecule has 1 amide bonds. The van der Waals surface area contributed by atoms with Crippen LogP contribution in [0.3, 0.4) is 0 Å². The summed E-state index contributed by atoms with van der Waals surface area (Å²) < 4.78 is 10.9. The third-order valence-electron chi connectivity index (χ3n) is 4.68. The van der Waals surface area contributed by atoms with Crippen LogP contribution in [0, 0.1) is 5.92 Å². The number of carboxylic acids is 1. The zero-order valence-electron chi connectivity index (χ0n) is 15.3. The van der Waals surface area contributed by atoms with Crippen molar-refractivity contribution in [1.29, 1.82) is 0 Å². The smallest absolute Gasteiger partial charge is 0.329 e. The topological polar surface area (TPSA) is 84.9 Å². The third kappa shape index (κ3) is 4.44. The lowest BCUT2D eigenvalue weighted by Gasteiger charge is -2.36. The maximum atomic E-state index is 12.6. The fraction of sp³-hybridized carbons (Fsp3) is 0.579. The summed E-state index contributed by atoms with van der Waals surface area (Å²) in [5.74, 6) is 0.0965. The number of nitrogens with one attached hydrogen (secondary N) is 1. The quantitative estimate of drug-likeness (QED) is 0.823. The molecule has 6 heteroatoms. The van der Waals surface area contributed by atoms with Crippen LogP contribution in [0.1, 0.15) is 56.8 Å². The molecule has 1 fully saturated rings. The second kappa shape index (κ2) is 7.76. The average Bonchev–Trinajstić information content (AvgIpc) is 2.56. The number of hydrogen-bond donors (Lipinski definition) is 2. The van der Waals surface area contributed by atoms with E-state index in [0.717, 1.165) is 12.8 Å². The first-order chi connectivity index (χ1) is 11.8. The zero-order chi connectivity index (χ0) is 18.6. The van der Waals surface area contributed by atoms with Crippen LogP contribution in [-0.2, 0) is 4.79 Å². The summed E-state index contributed by atoms with van der Waals surface area (Å²) in [7, 11) is 1.51. The van der Waals surface area contributed by atoms with Crippen LogP contribution in [0.25, 0.3) is 0 Å². The van der Waals surface area contributed by atoms with Crippen molar-refractivity contribution in [2.24, 2.45) is 5.92 Å². The Morgan fingerprint density at radius 1 is 1.24 bits per heavy atom. The molecule has 2 rings (SSSR count). The number of benzene rings is 1. The van der Waals surface area contributed by atoms with Crippen molar-refractivity contribution in [3.05, 3.63) is 23.8 Å². The van der Waals surface area contributed by atoms with E-state index in [1.807, 2.05) is 13.8 Å². The van der Waals surface area contributed by atoms with Crippen molar-refractivity contribution in [3.63, 3.8) is 0 Å². The highest BCUT2D eigenvalue weighted by atomic mass is 16.5. The number of carbonyl (C=O) groups excluding carboxylic acids is 1. The fourth-order valence-corrected chi connectivity index (χ4v) is 3.10. The van der Waals surface area contributed by atoms with Crippen LogP contribution >= 0.6 is 0 Å². The number of hydrogen-bond acceptors (Lipinski definition) is 4. The largest absolute Gasteiger partial charge is 0.493 e. The molecule has 1 aliphatic carbocycles. The van der Waals surface area contributed by atoms with E-state index < -0.39 is 17.4 Å². The van der Waals surface area contributed by atoms with Gasteiger partial charge in [-0.3, -0.25) is 4.79 Å². The molecule has 0 aromatic heterocycles. The highest BCUT2D eigenvalue weighted by Gasteiger charge is 2.42. The van der Waals surface area contributed by atoms with Crippen LogP contribution in [-0.4, -0.2) is 35.7 Å². The number of aliphatic carboxylic acids is 1. The third-order valence-corrected chi connectivity index (χ3v) is 4.68. The number of amides is 1. The predicted molar refractivity (Wildman–Crippen MR) is 94.2 cm³/mol. The molecule has 6 nitrogen and oxygen atoms in total. The van der Waals surface area contributed by atoms with Crippen molar-refractivity contribution in [3.8, 4) is 11.5 Å². The zero-order valence-corrected chi connectivity index (χ0v) is 15.3. The van der Waals surface area contributed by atoms with Gasteiger partial charge in [-0.2, -0.15) is 0 Å². The van der Waals surface area contributed by atoms with Gasteiger partial charge in [0.2, 0.25) is 0 Å². The lowest BCUT2D eigenvalue weighted by Crippen LogP contribution is -2.56. The second-order valence-corrected chi connectivity index (χ2v) is 7.06. The molecule has 0 bridgehead atoms. The molecule has 25 heavy (non-hydrogen) atoms. The van der Waals surface area contributed by atoms with Gasteiger partial charge in [-0.15, -0.1) is 0 Å². The van der Waals surface area contributed by atoms with Crippen molar-refractivity contribution in [2.45, 2.75) is 58.1 Å². The molecule has 1 aromatic rings. The molecular formula is C19H27NO5. The molecule has 138 valence electrons. The molecule has 0 radical (unpaired) electrons. The Bertz CT molecular complexity index is 633. The summed E-state index contributed by atoms with van der Waals surface area (Å²) in [6.07, 6.45) is 2.45. The maximum Gasteiger partial charge on any atom is 0.329 e. The molecule has 0 saturated heterocycles. The summed E-state index contributed by atoms with van der Waals surface area (Å²) in [6, 6.07) is 4.87. The van der Waals surface area contributed by atoms with E-state index in [4.69, 9.17) is 9.47 Å². The first-order valence-corrected chi connectivity index (χ1v) is 8.68. The minimum Gasteiger partial charge on any atom is -0.493 e. The Morgan fingerprint density at radius 3 is 2.40 bits per heavy atom. The summed E-state index contributed by atoms with van der Waals surface area (Å²) in [4.78, 5) is 24.4. The normalized spacial score (nSPS) is 23.2. The minimum atomic E-state index is -1.19. The van der Waals surface area contributed by atoms with Crippen molar-refractivity contribution in [1.82, 2.24) is 5.32 Å². The molecule has 0 atom stereocenters. The number of methoxy groups -OCH3 is 1. The lowest BCUT2D eigenvalue weighted by atomic mass is 9.77. The SMILES string of the molecule is COc1cc(C(=O)NC2(C(=O)O)CCC(C)CC2)ccc1OC(C)C. The summed E-state index contributed by atoms with van der Waals surface area (Å²) >= 11 is 0. The minimum absolute atomic E-state index is 0.0203. The van der Waals surface area contributed by atoms with Gasteiger partial charge in [-0.05, 0) is 63.6 Å². The molecular weight excluding hydrogens is 322 g/mol. The van der Waals surface area contributed by atoms with Gasteiger partial charge in [-0.25, -0.2) is 4.79 Å². The van der Waals surface area contributed by atoms with Gasteiger partial charge in [0.05, 0.1) is 13.2 Å². The average molecular weight is 349 g/mol. The van der Waals surface area contributed by atoms with E-state index in [1.165, 1.54) is 7.11 Å². The monoisotopic (exact) mass is 349 g/mol. The molecule has 0 unspecified atom stereocenters. The Balaban J connectivity index is 2.20. The number of carboxylic acid groups (broad SMARTS) is 1. The highest BCUT2D eigenvalue weighted by molar-refractivity contribution is 5.98. The van der Waals surface area contributed by atoms with Gasteiger partial charge in [0.15, 0.2) is 11.5 Å². The standard InChI is InChI=1S/C19H27NO5/c1-12(2)25-15-6-5-14(11-16(15)24-4)17(21)20-19(18(22)23)9-7-13(3)8-10-19/h5-6,11-13H,7-10H2,1-4H3,(H,20,21)(H,22,23). The maximum absolute atomic E-state index is 12.6. The van der Waals surface area contributed by atoms with Crippen molar-refractivity contribution >= 4 is 11.9 Å². The molecule has 0 spiro atoms. The first kappa shape index (κ1) is 19.1. The number of ether oxygens (including phenoxy) is 2. The van der Waals surface area contributed by atoms with Gasteiger partial charge >= 0.3 is 5.97 Å². The Morgan fingerprint density at radius 2 is 1.88 bits per heavy atom. The molecule has 2 N–H and O–H groups in total. The van der Waals surface area contributed by atoms with E-state index in [0.29, 0.717) is 35.8 Å². The van der Waals surface area contributed by atoms with E-state index in [-0.39, 0.29) is 6.10 Å². The van der Waals surface area contributed by atoms with Gasteiger partial charge in [0.25, 0.3) is 5.91 Å². The summed E-state index contributed by atoms with van der Waals surface area (Å²) in [5, 5.41) is 12.4. The van der Waals surface area contributed by atoms with Crippen LogP contribution in [0.15, 0.2) is 18.2 Å². The molecule has 0 heterocycles. The first-order valence-electron chi connectivity index (χ1n) is 8.68. The van der Waals surface area contributed by atoms with Gasteiger partial charge in [0.1, 0.15) is 5.54 Å². The molecule has 1 saturated carbocycles. The van der Waals surface area contributed by atoms with Gasteiger partial charge in [0, 0.05) is 5.56 Å². The van der Waals surface area contributed by atoms with Crippen molar-refractivity contribution in [2.75, 3.05) is 7.11 Å². The molecule has 1 aliphatic rings. The van der Waals surface area contributed by atoms with Gasteiger partial charge in [-0.1, -0.05) is 6.92 Å². The summed E-state index contributed by atoms with van der Waals surface area (Å²) in [5.41, 5.74) is -0.837. The molecule has 0 aliphatic heterocycles. The van der Waals surface area contributed by atoms with E-state index in [2.05, 4.69) is 12.2 Å². The lowest BCUT2D eigenvalue weighted by molar-refractivity contribution is -0.146. The van der Waals surface area contributed by atoms with E-state index in [1.54, 1.807) is 18.2 Å². The Kier molecular flexibility index (Phi) is 5.93. The van der Waals surface area contributed by atoms with E-state index in [9.17, 15) is 14.7 Å². The van der Waals surface area contributed by atoms with Crippen LogP contribution in [0.5, 0.6) is 11.5 Å². The van der Waals surface area contributed by atoms with Crippen LogP contribution in [0.4, 0.5) is 0 Å². The van der Waals surface area contributed by atoms with Gasteiger partial charge < -0.3 is 19.9 Å². The fourth-order valence-electron chi connectivity index (χ4n) is 3.10. The predicted octanol–water partition coefficient (Wildman–Crippen LogP) is 3.25.